The van der Waals surface area contributed by atoms with Gasteiger partial charge in [-0.25, -0.2) is 0 Å². The van der Waals surface area contributed by atoms with Gasteiger partial charge in [-0.15, -0.1) is 0 Å². The van der Waals surface area contributed by atoms with Crippen molar-refractivity contribution in [2.45, 2.75) is 17.9 Å². The first-order valence-corrected chi connectivity index (χ1v) is 7.07. The number of halogens is 4. The Morgan fingerprint density at radius 2 is 1.39 bits per heavy atom. The van der Waals surface area contributed by atoms with Crippen LogP contribution in [0.2, 0.25) is 0 Å². The summed E-state index contributed by atoms with van der Waals surface area (Å²) in [4.78, 5) is 0. The lowest BCUT2D eigenvalue weighted by atomic mass is 9.96. The fourth-order valence-corrected chi connectivity index (χ4v) is 2.12. The van der Waals surface area contributed by atoms with Crippen molar-refractivity contribution in [2.24, 2.45) is 0 Å². The van der Waals surface area contributed by atoms with Crippen molar-refractivity contribution in [2.75, 3.05) is 13.2 Å². The minimum Gasteiger partial charge on any atom is -0.491 e. The van der Waals surface area contributed by atoms with Gasteiger partial charge in [-0.1, -0.05) is 30.3 Å². The molecule has 0 spiro atoms. The maximum atomic E-state index is 14.3. The molecule has 2 nitrogen and oxygen atoms in total. The van der Waals surface area contributed by atoms with Crippen LogP contribution in [-0.4, -0.2) is 19.3 Å². The lowest BCUT2D eigenvalue weighted by molar-refractivity contribution is -0.223. The number of hydrogen-bond donors (Lipinski definition) is 0. The fourth-order valence-electron chi connectivity index (χ4n) is 2.12. The summed E-state index contributed by atoms with van der Waals surface area (Å²) >= 11 is 0. The number of hydrogen-bond acceptors (Lipinski definition) is 2. The SMILES string of the molecule is FC(F)(c1ccccc1)C(F)(F)c1ccc(OCC2CO2)cc1. The standard InChI is InChI=1S/C17H14F4O2/c18-16(19,12-4-2-1-3-5-12)17(20,21)13-6-8-14(9-7-13)22-10-15-11-23-15/h1-9,15H,10-11H2. The molecule has 0 saturated carbocycles. The summed E-state index contributed by atoms with van der Waals surface area (Å²) in [6.07, 6.45) is 0.0264. The van der Waals surface area contributed by atoms with Crippen LogP contribution in [-0.2, 0) is 16.6 Å². The van der Waals surface area contributed by atoms with Crippen molar-refractivity contribution < 1.29 is 27.0 Å². The van der Waals surface area contributed by atoms with Crippen LogP contribution in [0.5, 0.6) is 5.75 Å². The largest absolute Gasteiger partial charge is 0.491 e. The molecular weight excluding hydrogens is 312 g/mol. The molecule has 2 aromatic rings. The normalized spacial score (nSPS) is 17.8. The Bertz CT molecular complexity index is 652. The Balaban J connectivity index is 1.80. The smallest absolute Gasteiger partial charge is 0.339 e. The van der Waals surface area contributed by atoms with Crippen LogP contribution in [0.1, 0.15) is 11.1 Å². The highest BCUT2D eigenvalue weighted by molar-refractivity contribution is 5.34. The average molecular weight is 326 g/mol. The summed E-state index contributed by atoms with van der Waals surface area (Å²) in [5.74, 6) is -8.30. The van der Waals surface area contributed by atoms with Gasteiger partial charge >= 0.3 is 11.8 Å². The Morgan fingerprint density at radius 3 is 1.91 bits per heavy atom. The molecule has 1 fully saturated rings. The van der Waals surface area contributed by atoms with Gasteiger partial charge in [0, 0.05) is 11.1 Å². The second-order valence-corrected chi connectivity index (χ2v) is 5.31. The number of alkyl halides is 4. The van der Waals surface area contributed by atoms with E-state index in [-0.39, 0.29) is 6.10 Å². The molecule has 0 aliphatic carbocycles. The monoisotopic (exact) mass is 326 g/mol. The van der Waals surface area contributed by atoms with Crippen LogP contribution >= 0.6 is 0 Å². The van der Waals surface area contributed by atoms with Crippen molar-refractivity contribution in [1.82, 2.24) is 0 Å². The molecule has 0 radical (unpaired) electrons. The molecule has 0 bridgehead atoms. The predicted molar refractivity (Wildman–Crippen MR) is 75.9 cm³/mol. The van der Waals surface area contributed by atoms with Crippen LogP contribution in [0.4, 0.5) is 17.6 Å². The molecule has 0 amide bonds. The zero-order valence-corrected chi connectivity index (χ0v) is 12.0. The van der Waals surface area contributed by atoms with E-state index in [2.05, 4.69) is 0 Å². The number of benzene rings is 2. The lowest BCUT2D eigenvalue weighted by Crippen LogP contribution is -2.35. The highest BCUT2D eigenvalue weighted by atomic mass is 19.3. The maximum absolute atomic E-state index is 14.3. The fraction of sp³-hybridized carbons (Fsp3) is 0.294. The first-order chi connectivity index (χ1) is 10.9. The Kier molecular flexibility index (Phi) is 4.02. The van der Waals surface area contributed by atoms with Crippen molar-refractivity contribution in [3.05, 3.63) is 65.7 Å². The minimum absolute atomic E-state index is 0.0264. The summed E-state index contributed by atoms with van der Waals surface area (Å²) in [5.41, 5.74) is -1.49. The molecule has 23 heavy (non-hydrogen) atoms. The second-order valence-electron chi connectivity index (χ2n) is 5.31. The van der Waals surface area contributed by atoms with E-state index in [9.17, 15) is 17.6 Å². The van der Waals surface area contributed by atoms with Crippen LogP contribution in [0.25, 0.3) is 0 Å². The van der Waals surface area contributed by atoms with Crippen molar-refractivity contribution >= 4 is 0 Å². The summed E-state index contributed by atoms with van der Waals surface area (Å²) in [7, 11) is 0. The van der Waals surface area contributed by atoms with Gasteiger partial charge in [0.1, 0.15) is 18.5 Å². The van der Waals surface area contributed by atoms with E-state index in [1.165, 1.54) is 30.3 Å². The van der Waals surface area contributed by atoms with E-state index in [4.69, 9.17) is 9.47 Å². The summed E-state index contributed by atoms with van der Waals surface area (Å²) in [6.45, 7) is 0.926. The van der Waals surface area contributed by atoms with E-state index < -0.39 is 23.0 Å². The van der Waals surface area contributed by atoms with Crippen LogP contribution in [0.15, 0.2) is 54.6 Å². The van der Waals surface area contributed by atoms with Gasteiger partial charge in [0.15, 0.2) is 0 Å². The Morgan fingerprint density at radius 1 is 0.870 bits per heavy atom. The predicted octanol–water partition coefficient (Wildman–Crippen LogP) is 4.35. The zero-order chi connectivity index (χ0) is 16.5. The number of ether oxygens (including phenoxy) is 2. The van der Waals surface area contributed by atoms with Crippen molar-refractivity contribution in [3.63, 3.8) is 0 Å². The molecule has 2 aromatic carbocycles. The van der Waals surface area contributed by atoms with E-state index in [0.29, 0.717) is 19.0 Å². The lowest BCUT2D eigenvalue weighted by Gasteiger charge is -2.27. The van der Waals surface area contributed by atoms with Crippen LogP contribution in [0, 0.1) is 0 Å². The average Bonchev–Trinajstić information content (AvgIpc) is 3.38. The summed E-state index contributed by atoms with van der Waals surface area (Å²) < 4.78 is 67.2. The van der Waals surface area contributed by atoms with Gasteiger partial charge in [-0.2, -0.15) is 17.6 Å². The van der Waals surface area contributed by atoms with Gasteiger partial charge in [-0.3, -0.25) is 0 Å². The van der Waals surface area contributed by atoms with Gasteiger partial charge in [0.2, 0.25) is 0 Å². The highest BCUT2D eigenvalue weighted by Gasteiger charge is 2.58. The van der Waals surface area contributed by atoms with Crippen LogP contribution < -0.4 is 4.74 Å². The topological polar surface area (TPSA) is 21.8 Å². The van der Waals surface area contributed by atoms with E-state index >= 15 is 0 Å². The molecule has 122 valence electrons. The molecule has 6 heteroatoms. The number of epoxide rings is 1. The Hall–Kier alpha value is -2.08. The van der Waals surface area contributed by atoms with Crippen molar-refractivity contribution in [1.29, 1.82) is 0 Å². The van der Waals surface area contributed by atoms with E-state index in [0.717, 1.165) is 24.3 Å². The first-order valence-electron chi connectivity index (χ1n) is 7.07. The maximum Gasteiger partial charge on any atom is 0.339 e. The zero-order valence-electron chi connectivity index (χ0n) is 12.0. The molecule has 1 atom stereocenters. The molecule has 0 N–H and O–H groups in total. The Labute approximate surface area is 130 Å². The van der Waals surface area contributed by atoms with Gasteiger partial charge in [-0.05, 0) is 24.3 Å². The van der Waals surface area contributed by atoms with E-state index in [1.807, 2.05) is 0 Å². The third-order valence-electron chi connectivity index (χ3n) is 3.59. The van der Waals surface area contributed by atoms with Gasteiger partial charge in [0.05, 0.1) is 6.61 Å². The van der Waals surface area contributed by atoms with Gasteiger partial charge in [0.25, 0.3) is 0 Å². The first kappa shape index (κ1) is 15.8. The van der Waals surface area contributed by atoms with Gasteiger partial charge < -0.3 is 9.47 Å². The van der Waals surface area contributed by atoms with Crippen molar-refractivity contribution in [3.8, 4) is 5.75 Å². The number of rotatable bonds is 6. The summed E-state index contributed by atoms with van der Waals surface area (Å²) in [5, 5.41) is 0. The molecule has 0 aromatic heterocycles. The molecule has 1 unspecified atom stereocenters. The molecule has 3 rings (SSSR count). The van der Waals surface area contributed by atoms with Crippen LogP contribution in [0.3, 0.4) is 0 Å². The molecule has 1 aliphatic heterocycles. The quantitative estimate of drug-likeness (QED) is 0.581. The van der Waals surface area contributed by atoms with E-state index in [1.54, 1.807) is 0 Å². The molecule has 1 saturated heterocycles. The molecule has 1 heterocycles. The second kappa shape index (κ2) is 5.85. The third-order valence-corrected chi connectivity index (χ3v) is 3.59. The summed E-state index contributed by atoms with van der Waals surface area (Å²) in [6, 6.07) is 10.5. The minimum atomic E-state index is -4.33. The molecular formula is C17H14F4O2. The highest BCUT2D eigenvalue weighted by Crippen LogP contribution is 2.49. The molecule has 1 aliphatic rings. The third kappa shape index (κ3) is 3.17.